The second kappa shape index (κ2) is 9.37. The number of halogens is 3. The number of carboxylic acid groups (broad SMARTS) is 1. The summed E-state index contributed by atoms with van der Waals surface area (Å²) in [5.74, 6) is -1.64. The van der Waals surface area contributed by atoms with Crippen LogP contribution in [0.15, 0.2) is 30.6 Å². The van der Waals surface area contributed by atoms with Gasteiger partial charge in [0.1, 0.15) is 11.4 Å². The number of aromatic nitrogens is 3. The zero-order valence-electron chi connectivity index (χ0n) is 17.5. The van der Waals surface area contributed by atoms with Gasteiger partial charge in [-0.1, -0.05) is 12.8 Å². The first-order chi connectivity index (χ1) is 15.1. The molecule has 1 fully saturated rings. The molecule has 1 aliphatic rings. The van der Waals surface area contributed by atoms with Crippen LogP contribution in [0.4, 0.5) is 29.6 Å². The zero-order valence-corrected chi connectivity index (χ0v) is 17.5. The number of hydrogen-bond donors (Lipinski definition) is 2. The second-order valence-corrected chi connectivity index (χ2v) is 7.65. The van der Waals surface area contributed by atoms with E-state index in [1.807, 2.05) is 0 Å². The van der Waals surface area contributed by atoms with E-state index in [9.17, 15) is 22.8 Å². The maximum absolute atomic E-state index is 13.3. The lowest BCUT2D eigenvalue weighted by molar-refractivity contribution is -0.141. The van der Waals surface area contributed by atoms with E-state index in [4.69, 9.17) is 5.11 Å². The van der Waals surface area contributed by atoms with Crippen LogP contribution in [0.3, 0.4) is 0 Å². The van der Waals surface area contributed by atoms with Crippen molar-refractivity contribution in [1.29, 1.82) is 0 Å². The first-order valence-electron chi connectivity index (χ1n) is 10.1. The summed E-state index contributed by atoms with van der Waals surface area (Å²) < 4.78 is 40.0. The topological polar surface area (TPSA) is 112 Å². The Kier molecular flexibility index (Phi) is 6.80. The number of aromatic carboxylic acids is 1. The van der Waals surface area contributed by atoms with Crippen LogP contribution in [-0.4, -0.2) is 49.2 Å². The summed E-state index contributed by atoms with van der Waals surface area (Å²) >= 11 is 0. The molecule has 2 heterocycles. The fourth-order valence-electron chi connectivity index (χ4n) is 3.46. The molecule has 0 aliphatic heterocycles. The Morgan fingerprint density at radius 2 is 1.84 bits per heavy atom. The summed E-state index contributed by atoms with van der Waals surface area (Å²) in [6, 6.07) is 2.21. The van der Waals surface area contributed by atoms with Crippen molar-refractivity contribution in [2.45, 2.75) is 57.8 Å². The molecule has 32 heavy (non-hydrogen) atoms. The molecule has 2 N–H and O–H groups in total. The van der Waals surface area contributed by atoms with E-state index in [1.165, 1.54) is 22.2 Å². The van der Waals surface area contributed by atoms with Crippen LogP contribution in [0.1, 0.15) is 55.7 Å². The van der Waals surface area contributed by atoms with Gasteiger partial charge in [-0.15, -0.1) is 0 Å². The van der Waals surface area contributed by atoms with Crippen molar-refractivity contribution >= 4 is 23.6 Å². The predicted molar refractivity (Wildman–Crippen MR) is 108 cm³/mol. The quantitative estimate of drug-likeness (QED) is 0.637. The summed E-state index contributed by atoms with van der Waals surface area (Å²) in [4.78, 5) is 35.8. The van der Waals surface area contributed by atoms with Crippen molar-refractivity contribution in [3.05, 3.63) is 42.0 Å². The Morgan fingerprint density at radius 3 is 2.38 bits per heavy atom. The van der Waals surface area contributed by atoms with Crippen LogP contribution in [0.2, 0.25) is 0 Å². The number of alkyl halides is 3. The van der Waals surface area contributed by atoms with Crippen molar-refractivity contribution in [3.8, 4) is 0 Å². The fraction of sp³-hybridized carbons (Fsp3) is 0.450. The maximum Gasteiger partial charge on any atom is 0.433 e. The molecule has 0 atom stereocenters. The number of urea groups is 1. The third-order valence-corrected chi connectivity index (χ3v) is 4.84. The summed E-state index contributed by atoms with van der Waals surface area (Å²) in [5, 5.41) is 14.4. The standard InChI is InChI=1S/C20H23F3N6O3/c1-12(2)26-19(32)29(13-5-3-4-6-13)28(14-7-8-15(17(30)31)25-11-14)18-24-10-9-16(27-18)20(21,22)23/h7-13H,3-6H2,1-2H3,(H,26,32)(H,30,31). The van der Waals surface area contributed by atoms with Crippen molar-refractivity contribution in [1.82, 2.24) is 25.3 Å². The molecule has 0 spiro atoms. The van der Waals surface area contributed by atoms with Crippen LogP contribution < -0.4 is 10.3 Å². The molecule has 1 saturated carbocycles. The van der Waals surface area contributed by atoms with Crippen molar-refractivity contribution in [3.63, 3.8) is 0 Å². The lowest BCUT2D eigenvalue weighted by Gasteiger charge is -2.39. The van der Waals surface area contributed by atoms with E-state index in [0.29, 0.717) is 12.8 Å². The molecular formula is C20H23F3N6O3. The molecular weight excluding hydrogens is 429 g/mol. The van der Waals surface area contributed by atoms with Gasteiger partial charge in [-0.25, -0.2) is 34.6 Å². The van der Waals surface area contributed by atoms with Gasteiger partial charge >= 0.3 is 18.2 Å². The Hall–Kier alpha value is -3.44. The Labute approximate surface area is 182 Å². The molecule has 9 nitrogen and oxygen atoms in total. The highest BCUT2D eigenvalue weighted by molar-refractivity contribution is 5.86. The fourth-order valence-corrected chi connectivity index (χ4v) is 3.46. The second-order valence-electron chi connectivity index (χ2n) is 7.65. The number of hydrogen-bond acceptors (Lipinski definition) is 6. The predicted octanol–water partition coefficient (Wildman–Crippen LogP) is 4.00. The van der Waals surface area contributed by atoms with E-state index in [0.717, 1.165) is 31.3 Å². The smallest absolute Gasteiger partial charge is 0.433 e. The van der Waals surface area contributed by atoms with Gasteiger partial charge in [0.25, 0.3) is 0 Å². The van der Waals surface area contributed by atoms with E-state index in [-0.39, 0.29) is 29.4 Å². The Bertz CT molecular complexity index is 962. The Balaban J connectivity index is 2.15. The lowest BCUT2D eigenvalue weighted by Crippen LogP contribution is -2.55. The maximum atomic E-state index is 13.3. The highest BCUT2D eigenvalue weighted by atomic mass is 19.4. The summed E-state index contributed by atoms with van der Waals surface area (Å²) in [6.45, 7) is 3.53. The average Bonchev–Trinajstić information content (AvgIpc) is 3.25. The third-order valence-electron chi connectivity index (χ3n) is 4.84. The molecule has 172 valence electrons. The number of carbonyl (C=O) groups excluding carboxylic acids is 1. The van der Waals surface area contributed by atoms with Gasteiger partial charge in [-0.2, -0.15) is 13.2 Å². The molecule has 0 bridgehead atoms. The summed E-state index contributed by atoms with van der Waals surface area (Å²) in [5.41, 5.74) is -1.27. The normalized spacial score (nSPS) is 14.4. The molecule has 0 aromatic carbocycles. The van der Waals surface area contributed by atoms with Gasteiger partial charge in [0, 0.05) is 12.2 Å². The Morgan fingerprint density at radius 1 is 1.16 bits per heavy atom. The number of hydrazine groups is 1. The number of amides is 2. The molecule has 2 aromatic rings. The zero-order chi connectivity index (χ0) is 23.5. The first-order valence-corrected chi connectivity index (χ1v) is 10.1. The van der Waals surface area contributed by atoms with E-state index < -0.39 is 23.9 Å². The summed E-state index contributed by atoms with van der Waals surface area (Å²) in [6.07, 6.45) is 0.395. The van der Waals surface area contributed by atoms with Crippen LogP contribution in [0.25, 0.3) is 0 Å². The number of nitrogens with one attached hydrogen (secondary N) is 1. The highest BCUT2D eigenvalue weighted by Crippen LogP contribution is 2.34. The molecule has 2 amide bonds. The first kappa shape index (κ1) is 23.2. The van der Waals surface area contributed by atoms with E-state index in [1.54, 1.807) is 13.8 Å². The van der Waals surface area contributed by atoms with Crippen molar-refractivity contribution < 1.29 is 27.9 Å². The lowest BCUT2D eigenvalue weighted by atomic mass is 10.2. The van der Waals surface area contributed by atoms with Gasteiger partial charge in [-0.05, 0) is 44.9 Å². The minimum absolute atomic E-state index is 0.153. The summed E-state index contributed by atoms with van der Waals surface area (Å²) in [7, 11) is 0. The third kappa shape index (κ3) is 5.24. The molecule has 0 saturated heterocycles. The minimum Gasteiger partial charge on any atom is -0.477 e. The van der Waals surface area contributed by atoms with Gasteiger partial charge < -0.3 is 10.4 Å². The van der Waals surface area contributed by atoms with Crippen LogP contribution in [0, 0.1) is 0 Å². The highest BCUT2D eigenvalue weighted by Gasteiger charge is 2.37. The molecule has 3 rings (SSSR count). The van der Waals surface area contributed by atoms with Crippen molar-refractivity contribution in [2.75, 3.05) is 5.01 Å². The van der Waals surface area contributed by atoms with E-state index >= 15 is 0 Å². The molecule has 12 heteroatoms. The van der Waals surface area contributed by atoms with Gasteiger partial charge in [0.2, 0.25) is 5.95 Å². The molecule has 0 unspecified atom stereocenters. The SMILES string of the molecule is CC(C)NC(=O)N(C1CCCC1)N(c1ccc(C(=O)O)nc1)c1nccc(C(F)(F)F)n1. The molecule has 1 aliphatic carbocycles. The van der Waals surface area contributed by atoms with E-state index in [2.05, 4.69) is 20.3 Å². The number of rotatable bonds is 6. The van der Waals surface area contributed by atoms with Crippen LogP contribution >= 0.6 is 0 Å². The van der Waals surface area contributed by atoms with Crippen molar-refractivity contribution in [2.24, 2.45) is 0 Å². The average molecular weight is 452 g/mol. The number of carbonyl (C=O) groups is 2. The van der Waals surface area contributed by atoms with Gasteiger partial charge in [0.15, 0.2) is 0 Å². The molecule has 2 aromatic heterocycles. The van der Waals surface area contributed by atoms with Crippen LogP contribution in [0.5, 0.6) is 0 Å². The van der Waals surface area contributed by atoms with Gasteiger partial charge in [-0.3, -0.25) is 0 Å². The van der Waals surface area contributed by atoms with Crippen LogP contribution in [-0.2, 0) is 6.18 Å². The largest absolute Gasteiger partial charge is 0.477 e. The molecule has 0 radical (unpaired) electrons. The van der Waals surface area contributed by atoms with Gasteiger partial charge in [0.05, 0.1) is 17.9 Å². The monoisotopic (exact) mass is 452 g/mol. The number of nitrogens with zero attached hydrogens (tertiary/aromatic N) is 5. The number of carboxylic acids is 1. The number of pyridine rings is 1. The number of anilines is 2. The minimum atomic E-state index is -4.72.